The van der Waals surface area contributed by atoms with Crippen LogP contribution in [-0.4, -0.2) is 60.9 Å². The minimum Gasteiger partial charge on any atom is -0.358 e. The van der Waals surface area contributed by atoms with E-state index in [4.69, 9.17) is 12.2 Å². The molecular weight excluding hydrogens is 408 g/mol. The van der Waals surface area contributed by atoms with Crippen molar-refractivity contribution in [3.63, 3.8) is 0 Å². The first kappa shape index (κ1) is 19.4. The van der Waals surface area contributed by atoms with E-state index >= 15 is 0 Å². The summed E-state index contributed by atoms with van der Waals surface area (Å²) in [6.45, 7) is 4.00. The Morgan fingerprint density at radius 1 is 0.968 bits per heavy atom. The number of nitrogens with zero attached hydrogens (tertiary/aromatic N) is 7. The molecule has 0 unspecified atom stereocenters. The SMILES string of the molecule is S=C(NCc1cccnc1)N1CCN(c2ncnc3c2cnn3-c2ccccc2)CC1. The smallest absolute Gasteiger partial charge is 0.169 e. The lowest BCUT2D eigenvalue weighted by molar-refractivity contribution is 0.379. The molecule has 0 bridgehead atoms. The third kappa shape index (κ3) is 4.04. The van der Waals surface area contributed by atoms with Crippen LogP contribution in [0.25, 0.3) is 16.7 Å². The van der Waals surface area contributed by atoms with Crippen molar-refractivity contribution in [1.29, 1.82) is 0 Å². The van der Waals surface area contributed by atoms with Crippen LogP contribution in [-0.2, 0) is 6.54 Å². The van der Waals surface area contributed by atoms with Gasteiger partial charge in [-0.1, -0.05) is 24.3 Å². The van der Waals surface area contributed by atoms with Gasteiger partial charge in [0, 0.05) is 45.1 Å². The summed E-state index contributed by atoms with van der Waals surface area (Å²) in [5.41, 5.74) is 2.91. The molecule has 1 N–H and O–H groups in total. The molecule has 0 amide bonds. The quantitative estimate of drug-likeness (QED) is 0.495. The predicted molar refractivity (Wildman–Crippen MR) is 124 cm³/mol. The second-order valence-electron chi connectivity index (χ2n) is 7.32. The number of aromatic nitrogens is 5. The molecule has 1 aliphatic heterocycles. The van der Waals surface area contributed by atoms with Gasteiger partial charge in [-0.25, -0.2) is 14.6 Å². The van der Waals surface area contributed by atoms with Crippen molar-refractivity contribution in [3.8, 4) is 5.69 Å². The first-order valence-corrected chi connectivity index (χ1v) is 10.6. The van der Waals surface area contributed by atoms with Crippen LogP contribution in [0.3, 0.4) is 0 Å². The minimum absolute atomic E-state index is 0.679. The molecule has 0 spiro atoms. The highest BCUT2D eigenvalue weighted by molar-refractivity contribution is 7.80. The molecule has 5 rings (SSSR count). The van der Waals surface area contributed by atoms with Gasteiger partial charge < -0.3 is 15.1 Å². The zero-order valence-corrected chi connectivity index (χ0v) is 17.7. The van der Waals surface area contributed by atoms with Gasteiger partial charge in [-0.05, 0) is 36.0 Å². The fourth-order valence-electron chi connectivity index (χ4n) is 3.76. The van der Waals surface area contributed by atoms with E-state index in [2.05, 4.69) is 35.2 Å². The highest BCUT2D eigenvalue weighted by Gasteiger charge is 2.22. The van der Waals surface area contributed by atoms with Crippen molar-refractivity contribution >= 4 is 34.2 Å². The summed E-state index contributed by atoms with van der Waals surface area (Å²) < 4.78 is 1.86. The van der Waals surface area contributed by atoms with Crippen molar-refractivity contribution in [2.24, 2.45) is 0 Å². The Labute approximate surface area is 185 Å². The summed E-state index contributed by atoms with van der Waals surface area (Å²) in [7, 11) is 0. The number of thiocarbonyl (C=S) groups is 1. The summed E-state index contributed by atoms with van der Waals surface area (Å²) in [5, 5.41) is 9.62. The molecule has 31 heavy (non-hydrogen) atoms. The Hall–Kier alpha value is -3.59. The summed E-state index contributed by atoms with van der Waals surface area (Å²) >= 11 is 5.60. The molecule has 4 aromatic rings. The van der Waals surface area contributed by atoms with Crippen molar-refractivity contribution in [1.82, 2.24) is 34.9 Å². The Balaban J connectivity index is 1.26. The summed E-state index contributed by atoms with van der Waals surface area (Å²) in [6.07, 6.45) is 7.09. The van der Waals surface area contributed by atoms with E-state index in [9.17, 15) is 0 Å². The van der Waals surface area contributed by atoms with Crippen molar-refractivity contribution in [2.75, 3.05) is 31.1 Å². The second kappa shape index (κ2) is 8.65. The maximum atomic E-state index is 5.60. The molecule has 1 fully saturated rings. The minimum atomic E-state index is 0.679. The van der Waals surface area contributed by atoms with Gasteiger partial charge in [0.2, 0.25) is 0 Å². The van der Waals surface area contributed by atoms with Crippen LogP contribution >= 0.6 is 12.2 Å². The van der Waals surface area contributed by atoms with Crippen molar-refractivity contribution < 1.29 is 0 Å². The number of anilines is 1. The van der Waals surface area contributed by atoms with Crippen LogP contribution in [0, 0.1) is 0 Å². The third-order valence-electron chi connectivity index (χ3n) is 5.38. The zero-order valence-electron chi connectivity index (χ0n) is 16.9. The van der Waals surface area contributed by atoms with E-state index in [1.54, 1.807) is 12.5 Å². The van der Waals surface area contributed by atoms with Gasteiger partial charge in [0.05, 0.1) is 17.3 Å². The molecule has 9 heteroatoms. The van der Waals surface area contributed by atoms with E-state index in [1.165, 1.54) is 0 Å². The lowest BCUT2D eigenvalue weighted by Gasteiger charge is -2.36. The van der Waals surface area contributed by atoms with E-state index in [1.807, 2.05) is 59.5 Å². The maximum absolute atomic E-state index is 5.60. The number of nitrogens with one attached hydrogen (secondary N) is 1. The molecule has 1 saturated heterocycles. The Bertz CT molecular complexity index is 1170. The lowest BCUT2D eigenvalue weighted by atomic mass is 10.2. The van der Waals surface area contributed by atoms with Crippen LogP contribution < -0.4 is 10.2 Å². The van der Waals surface area contributed by atoms with Crippen molar-refractivity contribution in [3.05, 3.63) is 72.9 Å². The average molecular weight is 431 g/mol. The zero-order chi connectivity index (χ0) is 21.0. The molecular formula is C22H22N8S. The Morgan fingerprint density at radius 3 is 2.58 bits per heavy atom. The van der Waals surface area contributed by atoms with Crippen LogP contribution in [0.2, 0.25) is 0 Å². The molecule has 0 aliphatic carbocycles. The molecule has 1 aromatic carbocycles. The Morgan fingerprint density at radius 2 is 1.81 bits per heavy atom. The van der Waals surface area contributed by atoms with Crippen LogP contribution in [0.4, 0.5) is 5.82 Å². The molecule has 156 valence electrons. The van der Waals surface area contributed by atoms with E-state index < -0.39 is 0 Å². The number of piperazine rings is 1. The number of hydrogen-bond donors (Lipinski definition) is 1. The number of para-hydroxylation sites is 1. The van der Waals surface area contributed by atoms with Crippen LogP contribution in [0.15, 0.2) is 67.4 Å². The maximum Gasteiger partial charge on any atom is 0.169 e. The first-order chi connectivity index (χ1) is 15.3. The first-order valence-electron chi connectivity index (χ1n) is 10.2. The summed E-state index contributed by atoms with van der Waals surface area (Å²) in [4.78, 5) is 17.7. The summed E-state index contributed by atoms with van der Waals surface area (Å²) in [5.74, 6) is 0.918. The van der Waals surface area contributed by atoms with Gasteiger partial charge >= 0.3 is 0 Å². The normalized spacial score (nSPS) is 14.1. The Kier molecular flexibility index (Phi) is 5.40. The molecule has 4 heterocycles. The topological polar surface area (TPSA) is 75.0 Å². The van der Waals surface area contributed by atoms with E-state index in [0.717, 1.165) is 59.4 Å². The lowest BCUT2D eigenvalue weighted by Crippen LogP contribution is -2.51. The number of hydrogen-bond acceptors (Lipinski definition) is 6. The highest BCUT2D eigenvalue weighted by atomic mass is 32.1. The average Bonchev–Trinajstić information content (AvgIpc) is 3.28. The van der Waals surface area contributed by atoms with Crippen LogP contribution in [0.5, 0.6) is 0 Å². The van der Waals surface area contributed by atoms with Gasteiger partial charge in [-0.3, -0.25) is 4.98 Å². The van der Waals surface area contributed by atoms with Gasteiger partial charge in [0.1, 0.15) is 12.1 Å². The van der Waals surface area contributed by atoms with Gasteiger partial charge in [0.15, 0.2) is 10.8 Å². The monoisotopic (exact) mass is 430 g/mol. The van der Waals surface area contributed by atoms with Gasteiger partial charge in [-0.2, -0.15) is 5.10 Å². The number of pyridine rings is 1. The molecule has 8 nitrogen and oxygen atoms in total. The molecule has 1 aliphatic rings. The second-order valence-corrected chi connectivity index (χ2v) is 7.71. The van der Waals surface area contributed by atoms with E-state index in [-0.39, 0.29) is 0 Å². The fourth-order valence-corrected chi connectivity index (χ4v) is 4.01. The third-order valence-corrected chi connectivity index (χ3v) is 5.78. The highest BCUT2D eigenvalue weighted by Crippen LogP contribution is 2.25. The fraction of sp³-hybridized carbons (Fsp3) is 0.227. The number of benzene rings is 1. The molecule has 0 atom stereocenters. The van der Waals surface area contributed by atoms with Crippen LogP contribution in [0.1, 0.15) is 5.56 Å². The molecule has 0 saturated carbocycles. The predicted octanol–water partition coefficient (Wildman–Crippen LogP) is 2.41. The van der Waals surface area contributed by atoms with E-state index in [0.29, 0.717) is 6.54 Å². The number of fused-ring (bicyclic) bond motifs is 1. The van der Waals surface area contributed by atoms with Gasteiger partial charge in [-0.15, -0.1) is 0 Å². The standard InChI is InChI=1S/C22H22N8S/c31-22(24-14-17-5-4-8-23-13-17)29-11-9-28(10-12-29)20-19-15-27-30(21(19)26-16-25-20)18-6-2-1-3-7-18/h1-8,13,15-16H,9-12,14H2,(H,24,31). The molecule has 3 aromatic heterocycles. The van der Waals surface area contributed by atoms with Crippen molar-refractivity contribution in [2.45, 2.75) is 6.54 Å². The molecule has 0 radical (unpaired) electrons. The largest absolute Gasteiger partial charge is 0.358 e. The summed E-state index contributed by atoms with van der Waals surface area (Å²) in [6, 6.07) is 14.0. The number of rotatable bonds is 4. The van der Waals surface area contributed by atoms with Gasteiger partial charge in [0.25, 0.3) is 0 Å².